The molecule has 0 aliphatic carbocycles. The Morgan fingerprint density at radius 2 is 1.80 bits per heavy atom. The lowest BCUT2D eigenvalue weighted by Gasteiger charge is -2.24. The van der Waals surface area contributed by atoms with Gasteiger partial charge in [0.2, 0.25) is 0 Å². The fourth-order valence-electron chi connectivity index (χ4n) is 2.55. The molecule has 0 aliphatic heterocycles. The van der Waals surface area contributed by atoms with Crippen LogP contribution in [-0.4, -0.2) is 54.3 Å². The second kappa shape index (κ2) is 29.1. The molecule has 11 heteroatoms. The van der Waals surface area contributed by atoms with E-state index in [2.05, 4.69) is 34.4 Å². The predicted molar refractivity (Wildman–Crippen MR) is 181 cm³/mol. The van der Waals surface area contributed by atoms with Gasteiger partial charge in [-0.15, -0.1) is 23.1 Å². The minimum atomic E-state index is -0.0640. The topological polar surface area (TPSA) is 146 Å². The number of amidine groups is 1. The summed E-state index contributed by atoms with van der Waals surface area (Å²) in [7, 11) is 1.00. The fraction of sp³-hybridized carbons (Fsp3) is 0.379. The summed E-state index contributed by atoms with van der Waals surface area (Å²) >= 11 is 7.69. The number of thioether (sulfide) groups is 1. The van der Waals surface area contributed by atoms with E-state index in [1.807, 2.05) is 89.4 Å². The molecule has 0 saturated heterocycles. The maximum atomic E-state index is 10.7. The van der Waals surface area contributed by atoms with Crippen LogP contribution in [0.15, 0.2) is 64.6 Å². The van der Waals surface area contributed by atoms with E-state index in [1.54, 1.807) is 23.1 Å². The van der Waals surface area contributed by atoms with E-state index in [4.69, 9.17) is 16.4 Å². The van der Waals surface area contributed by atoms with Crippen molar-refractivity contribution in [3.63, 3.8) is 0 Å². The number of carbonyl (C=O) groups excluding carboxylic acids is 2. The quantitative estimate of drug-likeness (QED) is 0.0320. The molecule has 1 aromatic heterocycles. The SMILES string of the molecule is C/C=C(\C=C/C(C)C=O)CSCN(/C(CS)=N\N)c1ccccc1.CC.CO.Cc1scc(C=O)c1C.N=CN. The number of nitrogens with one attached hydrogen (secondary N) is 1. The smallest absolute Gasteiger partial charge is 0.151 e. The summed E-state index contributed by atoms with van der Waals surface area (Å²) in [6.07, 6.45) is 8.57. The van der Waals surface area contributed by atoms with Crippen LogP contribution in [0.4, 0.5) is 5.69 Å². The number of aldehydes is 2. The molecular weight excluding hydrogens is 563 g/mol. The molecule has 0 fully saturated rings. The van der Waals surface area contributed by atoms with Crippen LogP contribution in [0.3, 0.4) is 0 Å². The van der Waals surface area contributed by atoms with Gasteiger partial charge >= 0.3 is 0 Å². The number of hydrogen-bond acceptors (Lipinski definition) is 9. The van der Waals surface area contributed by atoms with E-state index in [1.165, 1.54) is 10.5 Å². The minimum absolute atomic E-state index is 0.0640. The van der Waals surface area contributed by atoms with E-state index < -0.39 is 0 Å². The molecule has 0 bridgehead atoms. The molecule has 1 atom stereocenters. The average Bonchev–Trinajstić information content (AvgIpc) is 3.34. The lowest BCUT2D eigenvalue weighted by Crippen LogP contribution is -2.33. The second-order valence-corrected chi connectivity index (χ2v) is 9.67. The molecule has 1 aromatic carbocycles. The largest absolute Gasteiger partial charge is 0.400 e. The number of rotatable bonds is 10. The highest BCUT2D eigenvalue weighted by atomic mass is 32.2. The zero-order valence-electron chi connectivity index (χ0n) is 24.7. The third-order valence-electron chi connectivity index (χ3n) is 4.81. The highest BCUT2D eigenvalue weighted by Gasteiger charge is 2.12. The molecule has 8 nitrogen and oxygen atoms in total. The number of allylic oxidation sites excluding steroid dienone is 3. The zero-order valence-corrected chi connectivity index (χ0v) is 27.2. The lowest BCUT2D eigenvalue weighted by atomic mass is 10.1. The van der Waals surface area contributed by atoms with E-state index in [9.17, 15) is 9.59 Å². The molecule has 0 amide bonds. The number of aryl methyl sites for hydroxylation is 1. The van der Waals surface area contributed by atoms with E-state index in [-0.39, 0.29) is 5.92 Å². The van der Waals surface area contributed by atoms with E-state index >= 15 is 0 Å². The second-order valence-electron chi connectivity index (χ2n) is 7.32. The van der Waals surface area contributed by atoms with Gasteiger partial charge in [0.1, 0.15) is 12.1 Å². The standard InChI is InChI=1S/C18H25N3OS2.C7H8OS.C2H6.CH4N2.CH4O/c1-3-16(10-9-15(2)11-22)13-24-14-21(18(12-23)20-19)17-7-5-4-6-8-17;1-5-6(2)9-4-7(5)3-8;1-2;2-1-3;1-2/h3-11,15,23H,12-14,19H2,1-2H3;3-4H,1-2H3;1-2H3;1H,(H3,2,3);2H,1H3/b10-9-,16-3+,20-18-;;;;. The average molecular weight is 610 g/mol. The highest BCUT2D eigenvalue weighted by molar-refractivity contribution is 7.99. The van der Waals surface area contributed by atoms with Crippen molar-refractivity contribution in [1.82, 2.24) is 0 Å². The molecule has 224 valence electrons. The number of hydrogen-bond donors (Lipinski definition) is 5. The van der Waals surface area contributed by atoms with Crippen LogP contribution < -0.4 is 16.5 Å². The third kappa shape index (κ3) is 18.4. The molecule has 0 spiro atoms. The maximum Gasteiger partial charge on any atom is 0.151 e. The first-order valence-corrected chi connectivity index (χ1v) is 15.2. The van der Waals surface area contributed by atoms with Crippen molar-refractivity contribution in [2.75, 3.05) is 29.4 Å². The fourth-order valence-corrected chi connectivity index (χ4v) is 4.71. The van der Waals surface area contributed by atoms with Crippen molar-refractivity contribution >= 4 is 66.2 Å². The van der Waals surface area contributed by atoms with Crippen LogP contribution in [0.1, 0.15) is 48.5 Å². The van der Waals surface area contributed by atoms with Gasteiger partial charge in [-0.3, -0.25) is 10.2 Å². The van der Waals surface area contributed by atoms with Crippen LogP contribution in [0.5, 0.6) is 0 Å². The highest BCUT2D eigenvalue weighted by Crippen LogP contribution is 2.20. The zero-order chi connectivity index (χ0) is 31.3. The number of thiophene rings is 1. The van der Waals surface area contributed by atoms with Gasteiger partial charge in [-0.25, -0.2) is 0 Å². The molecule has 2 aromatic rings. The number of para-hydroxylation sites is 1. The number of nitrogens with two attached hydrogens (primary N) is 2. The minimum Gasteiger partial charge on any atom is -0.400 e. The Labute approximate surface area is 254 Å². The van der Waals surface area contributed by atoms with Crippen molar-refractivity contribution in [3.8, 4) is 0 Å². The molecular formula is C29H47N5O3S3. The van der Waals surface area contributed by atoms with Gasteiger partial charge in [0.05, 0.1) is 18.0 Å². The van der Waals surface area contributed by atoms with Crippen molar-refractivity contribution in [2.45, 2.75) is 41.5 Å². The summed E-state index contributed by atoms with van der Waals surface area (Å²) in [4.78, 5) is 24.2. The van der Waals surface area contributed by atoms with E-state index in [0.717, 1.165) is 60.3 Å². The Morgan fingerprint density at radius 3 is 2.17 bits per heavy atom. The van der Waals surface area contributed by atoms with Crippen molar-refractivity contribution in [2.24, 2.45) is 22.6 Å². The summed E-state index contributed by atoms with van der Waals surface area (Å²) in [5, 5.41) is 18.6. The Hall–Kier alpha value is -2.86. The first-order valence-electron chi connectivity index (χ1n) is 12.5. The Bertz CT molecular complexity index is 1010. The number of aliphatic hydroxyl groups excluding tert-OH is 1. The normalized spacial score (nSPS) is 11.1. The Balaban J connectivity index is -0.000000702. The summed E-state index contributed by atoms with van der Waals surface area (Å²) in [5.41, 5.74) is 8.56. The number of carbonyl (C=O) groups is 2. The Morgan fingerprint density at radius 1 is 1.23 bits per heavy atom. The first kappa shape index (κ1) is 41.6. The number of thiol groups is 1. The van der Waals surface area contributed by atoms with Gasteiger partial charge < -0.3 is 26.4 Å². The van der Waals surface area contributed by atoms with Gasteiger partial charge in [-0.2, -0.15) is 17.7 Å². The van der Waals surface area contributed by atoms with Crippen LogP contribution >= 0.6 is 35.7 Å². The molecule has 6 N–H and O–H groups in total. The lowest BCUT2D eigenvalue weighted by molar-refractivity contribution is -0.109. The number of hydrazone groups is 1. The van der Waals surface area contributed by atoms with Crippen molar-refractivity contribution in [1.29, 1.82) is 5.41 Å². The van der Waals surface area contributed by atoms with Crippen LogP contribution in [0.2, 0.25) is 0 Å². The van der Waals surface area contributed by atoms with E-state index in [0.29, 0.717) is 5.75 Å². The van der Waals surface area contributed by atoms with Crippen LogP contribution in [-0.2, 0) is 4.79 Å². The third-order valence-corrected chi connectivity index (χ3v) is 7.10. The van der Waals surface area contributed by atoms with Gasteiger partial charge in [0.15, 0.2) is 6.29 Å². The molecule has 1 unspecified atom stereocenters. The number of nitrogens with zero attached hydrogens (tertiary/aromatic N) is 2. The number of aliphatic hydroxyl groups is 1. The van der Waals surface area contributed by atoms with Crippen LogP contribution in [0, 0.1) is 25.2 Å². The molecule has 0 aliphatic rings. The predicted octanol–water partition coefficient (Wildman–Crippen LogP) is 6.09. The molecule has 40 heavy (non-hydrogen) atoms. The van der Waals surface area contributed by atoms with Crippen LogP contribution in [0.25, 0.3) is 0 Å². The van der Waals surface area contributed by atoms with Gasteiger partial charge in [0, 0.05) is 40.3 Å². The van der Waals surface area contributed by atoms with Gasteiger partial charge in [0.25, 0.3) is 0 Å². The number of anilines is 1. The summed E-state index contributed by atoms with van der Waals surface area (Å²) in [6.45, 7) is 11.9. The molecule has 1 heterocycles. The maximum absolute atomic E-state index is 10.7. The first-order chi connectivity index (χ1) is 19.3. The van der Waals surface area contributed by atoms with Gasteiger partial charge in [-0.1, -0.05) is 57.2 Å². The number of benzene rings is 1. The molecule has 0 saturated carbocycles. The van der Waals surface area contributed by atoms with Gasteiger partial charge in [-0.05, 0) is 44.0 Å². The molecule has 0 radical (unpaired) electrons. The summed E-state index contributed by atoms with van der Waals surface area (Å²) in [6, 6.07) is 10.0. The Kier molecular flexibility index (Phi) is 30.3. The summed E-state index contributed by atoms with van der Waals surface area (Å²) < 4.78 is 0. The van der Waals surface area contributed by atoms with Crippen molar-refractivity contribution < 1.29 is 14.7 Å². The monoisotopic (exact) mass is 609 g/mol. The molecule has 2 rings (SSSR count). The van der Waals surface area contributed by atoms with Crippen molar-refractivity contribution in [3.05, 3.63) is 75.5 Å². The summed E-state index contributed by atoms with van der Waals surface area (Å²) in [5.74, 6) is 8.20.